The molecular formula is C27H21Cl5N6O5. The summed E-state index contributed by atoms with van der Waals surface area (Å²) in [6.07, 6.45) is 0. The van der Waals surface area contributed by atoms with Gasteiger partial charge >= 0.3 is 11.9 Å². The van der Waals surface area contributed by atoms with Gasteiger partial charge in [-0.3, -0.25) is 4.79 Å². The van der Waals surface area contributed by atoms with Crippen LogP contribution in [0.15, 0.2) is 53.5 Å². The van der Waals surface area contributed by atoms with E-state index in [4.69, 9.17) is 63.1 Å². The number of fused-ring (bicyclic) bond motifs is 1. The van der Waals surface area contributed by atoms with Crippen molar-refractivity contribution < 1.29 is 24.6 Å². The van der Waals surface area contributed by atoms with Crippen molar-refractivity contribution in [3.63, 3.8) is 0 Å². The van der Waals surface area contributed by atoms with Crippen LogP contribution in [0.4, 0.5) is 0 Å². The number of aromatic nitrogens is 4. The Morgan fingerprint density at radius 2 is 1.67 bits per heavy atom. The number of hydrogen-bond donors (Lipinski definition) is 3. The fraction of sp³-hybridized carbons (Fsp3) is 0.222. The molecule has 1 unspecified atom stereocenters. The van der Waals surface area contributed by atoms with Gasteiger partial charge in [-0.15, -0.1) is 5.10 Å². The first-order valence-corrected chi connectivity index (χ1v) is 14.2. The Balaban J connectivity index is 0.000000199. The fourth-order valence-electron chi connectivity index (χ4n) is 3.92. The van der Waals surface area contributed by atoms with Gasteiger partial charge in [0.1, 0.15) is 11.2 Å². The molecule has 4 aromatic rings. The van der Waals surface area contributed by atoms with E-state index in [0.717, 1.165) is 10.1 Å². The number of pyridine rings is 1. The van der Waals surface area contributed by atoms with Gasteiger partial charge in [-0.05, 0) is 43.2 Å². The second-order valence-corrected chi connectivity index (χ2v) is 12.8. The third kappa shape index (κ3) is 6.71. The molecule has 0 radical (unpaired) electrons. The van der Waals surface area contributed by atoms with Crippen molar-refractivity contribution in [3.8, 4) is 5.69 Å². The van der Waals surface area contributed by atoms with Crippen molar-refractivity contribution in [1.29, 1.82) is 0 Å². The maximum Gasteiger partial charge on any atom is 0.375 e. The maximum atomic E-state index is 12.3. The first-order chi connectivity index (χ1) is 20.0. The zero-order valence-corrected chi connectivity index (χ0v) is 26.2. The standard InChI is InChI=1S/C17H17N3O3.C10H4Cl5N3O2/c1-9(2)17(3)16(23)19-14(20-17)13-11(15(21)22)8-10-6-4-5-7-12(10)18-13;11-4-1-2-6(5(12)3-4)18-9(10(13,14)15)16-7(17-18)8(19)20/h4-9H,1-3H3,(H,21,22)(H,19,20,23);1-3H,(H,19,20). The molecule has 2 aromatic carbocycles. The number of rotatable bonds is 5. The molecule has 11 nitrogen and oxygen atoms in total. The number of benzene rings is 2. The molecule has 0 bridgehead atoms. The normalized spacial score (nSPS) is 16.5. The van der Waals surface area contributed by atoms with Gasteiger partial charge in [-0.1, -0.05) is 90.1 Å². The predicted octanol–water partition coefficient (Wildman–Crippen LogP) is 6.32. The number of halogens is 5. The van der Waals surface area contributed by atoms with E-state index in [2.05, 4.69) is 25.4 Å². The third-order valence-electron chi connectivity index (χ3n) is 6.53. The lowest BCUT2D eigenvalue weighted by molar-refractivity contribution is -0.124. The number of aromatic carboxylic acids is 2. The topological polar surface area (TPSA) is 160 Å². The lowest BCUT2D eigenvalue weighted by Gasteiger charge is -2.21. The number of aliphatic imine (C=N–C) groups is 1. The molecule has 224 valence electrons. The van der Waals surface area contributed by atoms with Crippen molar-refractivity contribution in [2.45, 2.75) is 30.1 Å². The van der Waals surface area contributed by atoms with E-state index in [1.54, 1.807) is 25.1 Å². The van der Waals surface area contributed by atoms with Gasteiger partial charge in [0.05, 0.1) is 21.8 Å². The van der Waals surface area contributed by atoms with E-state index < -0.39 is 27.1 Å². The quantitative estimate of drug-likeness (QED) is 0.206. The molecule has 2 aromatic heterocycles. The highest BCUT2D eigenvalue weighted by atomic mass is 35.6. The monoisotopic (exact) mass is 684 g/mol. The summed E-state index contributed by atoms with van der Waals surface area (Å²) in [5.74, 6) is -3.21. The largest absolute Gasteiger partial charge is 0.478 e. The molecule has 3 heterocycles. The van der Waals surface area contributed by atoms with E-state index in [1.165, 1.54) is 18.2 Å². The first kappa shape index (κ1) is 32.4. The van der Waals surface area contributed by atoms with Crippen molar-refractivity contribution in [3.05, 3.63) is 81.5 Å². The lowest BCUT2D eigenvalue weighted by Crippen LogP contribution is -2.41. The Kier molecular flexibility index (Phi) is 9.24. The fourth-order valence-corrected chi connectivity index (χ4v) is 4.77. The highest BCUT2D eigenvalue weighted by Gasteiger charge is 2.43. The van der Waals surface area contributed by atoms with Gasteiger partial charge in [-0.2, -0.15) is 0 Å². The molecular weight excluding hydrogens is 666 g/mol. The number of amides is 1. The molecule has 1 aliphatic heterocycles. The molecule has 1 atom stereocenters. The Morgan fingerprint density at radius 3 is 2.23 bits per heavy atom. The molecule has 5 rings (SSSR count). The Labute approximate surface area is 269 Å². The second-order valence-electron chi connectivity index (χ2n) is 9.67. The van der Waals surface area contributed by atoms with Crippen LogP contribution in [0.25, 0.3) is 16.6 Å². The highest BCUT2D eigenvalue weighted by molar-refractivity contribution is 6.66. The number of carboxylic acids is 2. The zero-order chi connectivity index (χ0) is 31.9. The van der Waals surface area contributed by atoms with Crippen LogP contribution < -0.4 is 5.32 Å². The molecule has 0 saturated heterocycles. The van der Waals surface area contributed by atoms with Crippen LogP contribution in [0, 0.1) is 5.92 Å². The van der Waals surface area contributed by atoms with Crippen molar-refractivity contribution in [2.75, 3.05) is 0 Å². The smallest absolute Gasteiger partial charge is 0.375 e. The van der Waals surface area contributed by atoms with Gasteiger partial charge in [0, 0.05) is 10.4 Å². The second kappa shape index (κ2) is 12.3. The summed E-state index contributed by atoms with van der Waals surface area (Å²) in [6, 6.07) is 13.3. The highest BCUT2D eigenvalue weighted by Crippen LogP contribution is 2.39. The van der Waals surface area contributed by atoms with Gasteiger partial charge in [-0.25, -0.2) is 29.2 Å². The number of nitrogens with zero attached hydrogens (tertiary/aromatic N) is 5. The van der Waals surface area contributed by atoms with E-state index in [-0.39, 0.29) is 45.5 Å². The van der Waals surface area contributed by atoms with Gasteiger partial charge < -0.3 is 15.5 Å². The van der Waals surface area contributed by atoms with E-state index in [1.807, 2.05) is 26.0 Å². The van der Waals surface area contributed by atoms with E-state index in [0.29, 0.717) is 10.5 Å². The van der Waals surface area contributed by atoms with Crippen LogP contribution in [0.5, 0.6) is 0 Å². The summed E-state index contributed by atoms with van der Waals surface area (Å²) in [5.41, 5.74) is 0.239. The lowest BCUT2D eigenvalue weighted by atomic mass is 9.89. The number of carbonyl (C=O) groups is 3. The molecule has 3 N–H and O–H groups in total. The average molecular weight is 687 g/mol. The van der Waals surface area contributed by atoms with E-state index >= 15 is 0 Å². The van der Waals surface area contributed by atoms with Gasteiger partial charge in [0.15, 0.2) is 11.7 Å². The predicted molar refractivity (Wildman–Crippen MR) is 164 cm³/mol. The summed E-state index contributed by atoms with van der Waals surface area (Å²) in [4.78, 5) is 47.3. The minimum atomic E-state index is -1.97. The molecule has 16 heteroatoms. The summed E-state index contributed by atoms with van der Waals surface area (Å²) in [6.45, 7) is 5.54. The number of nitrogens with one attached hydrogen (secondary N) is 1. The van der Waals surface area contributed by atoms with E-state index in [9.17, 15) is 19.5 Å². The molecule has 43 heavy (non-hydrogen) atoms. The van der Waals surface area contributed by atoms with Crippen LogP contribution in [0.3, 0.4) is 0 Å². The molecule has 1 aliphatic rings. The first-order valence-electron chi connectivity index (χ1n) is 12.3. The van der Waals surface area contributed by atoms with Gasteiger partial charge in [0.25, 0.3) is 11.7 Å². The van der Waals surface area contributed by atoms with Gasteiger partial charge in [0.2, 0.25) is 3.79 Å². The van der Waals surface area contributed by atoms with Crippen LogP contribution in [0.2, 0.25) is 10.0 Å². The zero-order valence-electron chi connectivity index (χ0n) is 22.4. The molecule has 0 spiro atoms. The maximum absolute atomic E-state index is 12.3. The van der Waals surface area contributed by atoms with Crippen LogP contribution in [0.1, 0.15) is 53.3 Å². The SMILES string of the molecule is CC(C)C1(C)N=C(c2nc3ccccc3cc2C(=O)O)NC1=O.O=C(O)c1nc(C(Cl)(Cl)Cl)n(-c2ccc(Cl)cc2Cl)n1. The average Bonchev–Trinajstić information content (AvgIpc) is 3.51. The summed E-state index contributed by atoms with van der Waals surface area (Å²) >= 11 is 29.1. The number of para-hydroxylation sites is 1. The summed E-state index contributed by atoms with van der Waals surface area (Å²) in [7, 11) is 0. The number of hydrogen-bond acceptors (Lipinski definition) is 7. The minimum Gasteiger partial charge on any atom is -0.478 e. The molecule has 0 saturated carbocycles. The number of amidine groups is 1. The third-order valence-corrected chi connectivity index (χ3v) is 7.57. The van der Waals surface area contributed by atoms with Crippen LogP contribution in [-0.2, 0) is 8.59 Å². The number of carboxylic acid groups (broad SMARTS) is 2. The molecule has 0 aliphatic carbocycles. The Morgan fingerprint density at radius 1 is 1.00 bits per heavy atom. The minimum absolute atomic E-state index is 0.0197. The Bertz CT molecular complexity index is 1800. The summed E-state index contributed by atoms with van der Waals surface area (Å²) in [5, 5.41) is 26.2. The summed E-state index contributed by atoms with van der Waals surface area (Å²) < 4.78 is -0.918. The van der Waals surface area contributed by atoms with Crippen molar-refractivity contribution >= 4 is 92.6 Å². The number of carbonyl (C=O) groups excluding carboxylic acids is 1. The molecule has 0 fully saturated rings. The van der Waals surface area contributed by atoms with Crippen LogP contribution in [-0.4, -0.2) is 59.2 Å². The van der Waals surface area contributed by atoms with Crippen LogP contribution >= 0.6 is 58.0 Å². The van der Waals surface area contributed by atoms with Crippen molar-refractivity contribution in [1.82, 2.24) is 25.1 Å². The molecule has 1 amide bonds. The number of alkyl halides is 3. The van der Waals surface area contributed by atoms with Crippen molar-refractivity contribution in [2.24, 2.45) is 10.9 Å². The Hall–Kier alpha value is -3.48.